The Morgan fingerprint density at radius 2 is 1.88 bits per heavy atom. The molecule has 3 rings (SSSR count). The number of anilines is 1. The van der Waals surface area contributed by atoms with Crippen LogP contribution in [-0.4, -0.2) is 28.8 Å². The molecule has 0 radical (unpaired) electrons. The van der Waals surface area contributed by atoms with Crippen LogP contribution in [0.15, 0.2) is 42.7 Å². The first kappa shape index (κ1) is 19.5. The minimum Gasteiger partial charge on any atom is -0.324 e. The molecule has 136 valence electrons. The fraction of sp³-hybridized carbons (Fsp3) is 0.474. The van der Waals surface area contributed by atoms with Gasteiger partial charge in [-0.15, -0.1) is 12.4 Å². The molecule has 0 unspecified atom stereocenters. The van der Waals surface area contributed by atoms with Gasteiger partial charge in [0.05, 0.1) is 0 Å². The second kappa shape index (κ2) is 7.58. The third kappa shape index (κ3) is 3.88. The fourth-order valence-corrected chi connectivity index (χ4v) is 3.41. The van der Waals surface area contributed by atoms with Crippen molar-refractivity contribution in [2.24, 2.45) is 0 Å². The van der Waals surface area contributed by atoms with E-state index in [1.54, 1.807) is 6.20 Å². The van der Waals surface area contributed by atoms with Crippen molar-refractivity contribution in [1.82, 2.24) is 15.1 Å². The van der Waals surface area contributed by atoms with Gasteiger partial charge in [-0.05, 0) is 49.0 Å². The molecule has 1 fully saturated rings. The molecule has 2 heterocycles. The number of hydrogen-bond donors (Lipinski definition) is 2. The maximum Gasteiger partial charge on any atom is 0.252 e. The molecule has 1 aromatic heterocycles. The van der Waals surface area contributed by atoms with Gasteiger partial charge in [-0.2, -0.15) is 5.10 Å². The number of nitrogens with zero attached hydrogens (tertiary/aromatic N) is 2. The quantitative estimate of drug-likeness (QED) is 0.880. The highest BCUT2D eigenvalue weighted by Gasteiger charge is 2.42. The molecule has 0 atom stereocenters. The van der Waals surface area contributed by atoms with Crippen LogP contribution in [0.1, 0.15) is 39.2 Å². The standard InChI is InChI=1S/C19H26N4O.ClH/c1-18(2,3)15-7-4-5-8-16(15)22-17(24)19(9-12-20-13-10-19)23-14-6-11-21-23;/h4-8,11,14,20H,9-10,12-13H2,1-3H3,(H,22,24);1H. The predicted octanol–water partition coefficient (Wildman–Crippen LogP) is 3.32. The van der Waals surface area contributed by atoms with E-state index in [0.717, 1.165) is 37.2 Å². The zero-order chi connectivity index (χ0) is 17.2. The Morgan fingerprint density at radius 3 is 2.48 bits per heavy atom. The van der Waals surface area contributed by atoms with Crippen LogP contribution in [0.4, 0.5) is 5.69 Å². The van der Waals surface area contributed by atoms with Gasteiger partial charge in [0.25, 0.3) is 5.91 Å². The van der Waals surface area contributed by atoms with Crippen molar-refractivity contribution in [2.75, 3.05) is 18.4 Å². The van der Waals surface area contributed by atoms with E-state index in [4.69, 9.17) is 0 Å². The van der Waals surface area contributed by atoms with Gasteiger partial charge in [0.1, 0.15) is 5.54 Å². The highest BCUT2D eigenvalue weighted by atomic mass is 35.5. The van der Waals surface area contributed by atoms with Crippen LogP contribution in [0.25, 0.3) is 0 Å². The summed E-state index contributed by atoms with van der Waals surface area (Å²) in [6.45, 7) is 8.10. The number of para-hydroxylation sites is 1. The molecule has 0 aliphatic carbocycles. The van der Waals surface area contributed by atoms with E-state index in [0.29, 0.717) is 0 Å². The molecular formula is C19H27ClN4O. The summed E-state index contributed by atoms with van der Waals surface area (Å²) in [4.78, 5) is 13.3. The van der Waals surface area contributed by atoms with Crippen LogP contribution >= 0.6 is 12.4 Å². The number of carbonyl (C=O) groups excluding carboxylic acids is 1. The predicted molar refractivity (Wildman–Crippen MR) is 103 cm³/mol. The lowest BCUT2D eigenvalue weighted by molar-refractivity contribution is -0.126. The average molecular weight is 363 g/mol. The summed E-state index contributed by atoms with van der Waals surface area (Å²) in [5.74, 6) is 0.0180. The van der Waals surface area contributed by atoms with Crippen LogP contribution in [0.2, 0.25) is 0 Å². The van der Waals surface area contributed by atoms with Crippen molar-refractivity contribution >= 4 is 24.0 Å². The SMILES string of the molecule is CC(C)(C)c1ccccc1NC(=O)C1(n2cccn2)CCNCC1.Cl. The minimum atomic E-state index is -0.625. The molecule has 1 amide bonds. The molecule has 0 bridgehead atoms. The number of piperidine rings is 1. The summed E-state index contributed by atoms with van der Waals surface area (Å²) in [6.07, 6.45) is 5.09. The van der Waals surface area contributed by atoms with E-state index in [2.05, 4.69) is 42.6 Å². The summed E-state index contributed by atoms with van der Waals surface area (Å²) in [5.41, 5.74) is 1.37. The lowest BCUT2D eigenvalue weighted by atomic mass is 9.84. The largest absolute Gasteiger partial charge is 0.324 e. The van der Waals surface area contributed by atoms with Gasteiger partial charge in [-0.1, -0.05) is 39.0 Å². The average Bonchev–Trinajstić information content (AvgIpc) is 3.10. The Morgan fingerprint density at radius 1 is 1.20 bits per heavy atom. The topological polar surface area (TPSA) is 59.0 Å². The first-order valence-electron chi connectivity index (χ1n) is 8.55. The third-order valence-electron chi connectivity index (χ3n) is 4.78. The lowest BCUT2D eigenvalue weighted by Crippen LogP contribution is -2.52. The van der Waals surface area contributed by atoms with Crippen LogP contribution in [0.5, 0.6) is 0 Å². The van der Waals surface area contributed by atoms with E-state index in [-0.39, 0.29) is 23.7 Å². The number of aromatic nitrogens is 2. The summed E-state index contributed by atoms with van der Waals surface area (Å²) >= 11 is 0. The van der Waals surface area contributed by atoms with Crippen molar-refractivity contribution in [3.05, 3.63) is 48.3 Å². The van der Waals surface area contributed by atoms with Gasteiger partial charge in [-0.3, -0.25) is 9.48 Å². The number of halogens is 1. The molecular weight excluding hydrogens is 336 g/mol. The Balaban J connectivity index is 0.00000225. The van der Waals surface area contributed by atoms with E-state index in [9.17, 15) is 4.79 Å². The molecule has 25 heavy (non-hydrogen) atoms. The first-order chi connectivity index (χ1) is 11.4. The highest BCUT2D eigenvalue weighted by Crippen LogP contribution is 2.32. The monoisotopic (exact) mass is 362 g/mol. The number of benzene rings is 1. The van der Waals surface area contributed by atoms with E-state index >= 15 is 0 Å². The summed E-state index contributed by atoms with van der Waals surface area (Å²) in [6, 6.07) is 9.92. The van der Waals surface area contributed by atoms with E-state index < -0.39 is 5.54 Å². The highest BCUT2D eigenvalue weighted by molar-refractivity contribution is 5.97. The van der Waals surface area contributed by atoms with Gasteiger partial charge in [0.15, 0.2) is 0 Å². The molecule has 0 spiro atoms. The molecule has 1 aliphatic rings. The normalized spacial score (nSPS) is 16.8. The number of rotatable bonds is 3. The molecule has 5 nitrogen and oxygen atoms in total. The zero-order valence-corrected chi connectivity index (χ0v) is 15.9. The molecule has 1 aromatic carbocycles. The number of amides is 1. The van der Waals surface area contributed by atoms with Crippen molar-refractivity contribution in [1.29, 1.82) is 0 Å². The van der Waals surface area contributed by atoms with Gasteiger partial charge < -0.3 is 10.6 Å². The van der Waals surface area contributed by atoms with Crippen molar-refractivity contribution in [2.45, 2.75) is 44.6 Å². The van der Waals surface area contributed by atoms with Crippen molar-refractivity contribution in [3.8, 4) is 0 Å². The van der Waals surface area contributed by atoms with Crippen molar-refractivity contribution < 1.29 is 4.79 Å². The van der Waals surface area contributed by atoms with Crippen molar-refractivity contribution in [3.63, 3.8) is 0 Å². The first-order valence-corrected chi connectivity index (χ1v) is 8.55. The van der Waals surface area contributed by atoms with Crippen LogP contribution in [0, 0.1) is 0 Å². The summed E-state index contributed by atoms with van der Waals surface area (Å²) in [7, 11) is 0. The van der Waals surface area contributed by atoms with Gasteiger partial charge >= 0.3 is 0 Å². The van der Waals surface area contributed by atoms with E-state index in [1.807, 2.05) is 35.1 Å². The molecule has 6 heteroatoms. The summed E-state index contributed by atoms with van der Waals surface area (Å²) < 4.78 is 1.82. The zero-order valence-electron chi connectivity index (χ0n) is 15.1. The lowest BCUT2D eigenvalue weighted by Gasteiger charge is -2.37. The molecule has 2 aromatic rings. The van der Waals surface area contributed by atoms with Gasteiger partial charge in [0.2, 0.25) is 0 Å². The Labute approximate surface area is 155 Å². The number of nitrogens with one attached hydrogen (secondary N) is 2. The Kier molecular flexibility index (Phi) is 5.91. The molecule has 2 N–H and O–H groups in total. The maximum atomic E-state index is 13.3. The Bertz CT molecular complexity index is 700. The van der Waals surface area contributed by atoms with Gasteiger partial charge in [0, 0.05) is 18.1 Å². The molecule has 1 saturated heterocycles. The summed E-state index contributed by atoms with van der Waals surface area (Å²) in [5, 5.41) is 10.9. The molecule has 0 saturated carbocycles. The number of carbonyl (C=O) groups is 1. The minimum absolute atomic E-state index is 0. The second-order valence-corrected chi connectivity index (χ2v) is 7.48. The van der Waals surface area contributed by atoms with Crippen LogP contribution in [-0.2, 0) is 15.7 Å². The van der Waals surface area contributed by atoms with Crippen LogP contribution < -0.4 is 10.6 Å². The second-order valence-electron chi connectivity index (χ2n) is 7.48. The third-order valence-corrected chi connectivity index (χ3v) is 4.78. The van der Waals surface area contributed by atoms with Crippen LogP contribution in [0.3, 0.4) is 0 Å². The van der Waals surface area contributed by atoms with Gasteiger partial charge in [-0.25, -0.2) is 0 Å². The molecule has 1 aliphatic heterocycles. The number of hydrogen-bond acceptors (Lipinski definition) is 3. The van der Waals surface area contributed by atoms with E-state index in [1.165, 1.54) is 0 Å². The fourth-order valence-electron chi connectivity index (χ4n) is 3.41. The maximum absolute atomic E-state index is 13.3. The Hall–Kier alpha value is -1.85. The smallest absolute Gasteiger partial charge is 0.252 e.